The molecule has 1 fully saturated rings. The number of oxazole rings is 1. The van der Waals surface area contributed by atoms with E-state index in [-0.39, 0.29) is 0 Å². The van der Waals surface area contributed by atoms with E-state index in [0.717, 1.165) is 57.2 Å². The van der Waals surface area contributed by atoms with Crippen LogP contribution in [0.3, 0.4) is 0 Å². The van der Waals surface area contributed by atoms with Crippen LogP contribution >= 0.6 is 0 Å². The van der Waals surface area contributed by atoms with E-state index in [9.17, 15) is 0 Å². The predicted molar refractivity (Wildman–Crippen MR) is 89.1 cm³/mol. The first-order valence-corrected chi connectivity index (χ1v) is 8.46. The smallest absolute Gasteiger partial charge is 0.208 e. The summed E-state index contributed by atoms with van der Waals surface area (Å²) in [4.78, 5) is 9.12. The van der Waals surface area contributed by atoms with Crippen molar-refractivity contribution in [3.63, 3.8) is 0 Å². The number of likely N-dealkylation sites (tertiary alicyclic amines) is 1. The van der Waals surface area contributed by atoms with Crippen LogP contribution in [0.4, 0.5) is 0 Å². The molecule has 1 atom stereocenters. The molecule has 128 valence electrons. The topological polar surface area (TPSA) is 74.1 Å². The van der Waals surface area contributed by atoms with E-state index in [0.29, 0.717) is 11.6 Å². The maximum absolute atomic E-state index is 8.83. The molecule has 0 amide bonds. The van der Waals surface area contributed by atoms with Crippen LogP contribution in [0, 0.1) is 11.3 Å². The molecule has 0 spiro atoms. The standard InChI is InChI=1S/C17H24N6O/c1-3-16-10-19-17(24-16)13-21(2)15-4-5-22(12-15)6-7-23-11-14(8-18)9-20-23/h9-11,15H,3-7,12-13H2,1-2H3/t15-/m1/s1. The lowest BCUT2D eigenvalue weighted by Crippen LogP contribution is -2.35. The molecule has 7 nitrogen and oxygen atoms in total. The monoisotopic (exact) mass is 328 g/mol. The third-order valence-electron chi connectivity index (χ3n) is 4.61. The Labute approximate surface area is 142 Å². The largest absolute Gasteiger partial charge is 0.444 e. The molecule has 7 heteroatoms. The summed E-state index contributed by atoms with van der Waals surface area (Å²) >= 11 is 0. The van der Waals surface area contributed by atoms with Gasteiger partial charge in [-0.15, -0.1) is 0 Å². The number of hydrogen-bond acceptors (Lipinski definition) is 6. The second-order valence-electron chi connectivity index (χ2n) is 6.34. The van der Waals surface area contributed by atoms with Gasteiger partial charge in [0, 0.05) is 31.7 Å². The molecule has 0 radical (unpaired) electrons. The fourth-order valence-electron chi connectivity index (χ4n) is 3.09. The number of aryl methyl sites for hydroxylation is 1. The fourth-order valence-corrected chi connectivity index (χ4v) is 3.09. The van der Waals surface area contributed by atoms with Gasteiger partial charge in [-0.2, -0.15) is 10.4 Å². The molecule has 0 N–H and O–H groups in total. The van der Waals surface area contributed by atoms with Crippen LogP contribution < -0.4 is 0 Å². The molecule has 0 unspecified atom stereocenters. The van der Waals surface area contributed by atoms with Crippen LogP contribution in [0.5, 0.6) is 0 Å². The molecule has 24 heavy (non-hydrogen) atoms. The molecule has 0 aromatic carbocycles. The average Bonchev–Trinajstić information content (AvgIpc) is 3.33. The summed E-state index contributed by atoms with van der Waals surface area (Å²) in [6.45, 7) is 6.73. The lowest BCUT2D eigenvalue weighted by molar-refractivity contribution is 0.203. The van der Waals surface area contributed by atoms with Crippen molar-refractivity contribution in [2.75, 3.05) is 26.7 Å². The first-order valence-electron chi connectivity index (χ1n) is 8.46. The normalized spacial score (nSPS) is 18.3. The van der Waals surface area contributed by atoms with Crippen molar-refractivity contribution in [1.82, 2.24) is 24.6 Å². The summed E-state index contributed by atoms with van der Waals surface area (Å²) in [5, 5.41) is 13.0. The van der Waals surface area contributed by atoms with Crippen molar-refractivity contribution in [2.45, 2.75) is 38.9 Å². The molecule has 0 saturated carbocycles. The van der Waals surface area contributed by atoms with Gasteiger partial charge >= 0.3 is 0 Å². The molecule has 1 aliphatic heterocycles. The van der Waals surface area contributed by atoms with Gasteiger partial charge in [-0.3, -0.25) is 14.5 Å². The highest BCUT2D eigenvalue weighted by molar-refractivity contribution is 5.21. The molecular weight excluding hydrogens is 304 g/mol. The third-order valence-corrected chi connectivity index (χ3v) is 4.61. The summed E-state index contributed by atoms with van der Waals surface area (Å²) in [5.41, 5.74) is 0.617. The molecule has 3 heterocycles. The zero-order chi connectivity index (χ0) is 16.9. The Morgan fingerprint density at radius 1 is 1.42 bits per heavy atom. The van der Waals surface area contributed by atoms with Gasteiger partial charge in [-0.25, -0.2) is 4.98 Å². The van der Waals surface area contributed by atoms with Gasteiger partial charge in [-0.1, -0.05) is 6.92 Å². The SMILES string of the molecule is CCc1cnc(CN(C)[C@@H]2CCN(CCn3cc(C#N)cn3)C2)o1. The second-order valence-corrected chi connectivity index (χ2v) is 6.34. The second kappa shape index (κ2) is 7.60. The Balaban J connectivity index is 1.45. The molecule has 2 aromatic heterocycles. The van der Waals surface area contributed by atoms with E-state index in [4.69, 9.17) is 9.68 Å². The van der Waals surface area contributed by atoms with Crippen LogP contribution in [-0.4, -0.2) is 57.3 Å². The number of aromatic nitrogens is 3. The van der Waals surface area contributed by atoms with Crippen molar-refractivity contribution in [1.29, 1.82) is 5.26 Å². The summed E-state index contributed by atoms with van der Waals surface area (Å²) < 4.78 is 7.55. The minimum absolute atomic E-state index is 0.522. The number of rotatable bonds is 7. The minimum atomic E-state index is 0.522. The molecule has 0 aliphatic carbocycles. The van der Waals surface area contributed by atoms with E-state index in [2.05, 4.69) is 39.9 Å². The summed E-state index contributed by atoms with van der Waals surface area (Å²) in [6.07, 6.45) is 7.27. The Kier molecular flexibility index (Phi) is 5.28. The fraction of sp³-hybridized carbons (Fsp3) is 0.588. The van der Waals surface area contributed by atoms with Gasteiger partial charge in [0.1, 0.15) is 11.8 Å². The summed E-state index contributed by atoms with van der Waals surface area (Å²) in [7, 11) is 2.14. The lowest BCUT2D eigenvalue weighted by atomic mass is 10.2. The third kappa shape index (κ3) is 4.02. The van der Waals surface area contributed by atoms with E-state index in [1.54, 1.807) is 12.4 Å². The van der Waals surface area contributed by atoms with Crippen LogP contribution in [0.1, 0.15) is 30.6 Å². The van der Waals surface area contributed by atoms with Gasteiger partial charge < -0.3 is 4.42 Å². The van der Waals surface area contributed by atoms with Gasteiger partial charge in [0.15, 0.2) is 0 Å². The van der Waals surface area contributed by atoms with Crippen LogP contribution in [0.2, 0.25) is 0 Å². The first-order chi connectivity index (χ1) is 11.7. The van der Waals surface area contributed by atoms with E-state index in [1.165, 1.54) is 0 Å². The number of nitrogens with zero attached hydrogens (tertiary/aromatic N) is 6. The van der Waals surface area contributed by atoms with E-state index < -0.39 is 0 Å². The highest BCUT2D eigenvalue weighted by Gasteiger charge is 2.26. The van der Waals surface area contributed by atoms with Crippen molar-refractivity contribution < 1.29 is 4.42 Å². The minimum Gasteiger partial charge on any atom is -0.444 e. The van der Waals surface area contributed by atoms with Crippen LogP contribution in [-0.2, 0) is 19.5 Å². The predicted octanol–water partition coefficient (Wildman–Crippen LogP) is 1.51. The zero-order valence-corrected chi connectivity index (χ0v) is 14.4. The van der Waals surface area contributed by atoms with Crippen molar-refractivity contribution in [3.8, 4) is 6.07 Å². The number of hydrogen-bond donors (Lipinski definition) is 0. The maximum atomic E-state index is 8.83. The van der Waals surface area contributed by atoms with E-state index in [1.807, 2.05) is 10.9 Å². The Hall–Kier alpha value is -2.17. The highest BCUT2D eigenvalue weighted by Crippen LogP contribution is 2.17. The van der Waals surface area contributed by atoms with Gasteiger partial charge in [-0.05, 0) is 20.0 Å². The summed E-state index contributed by atoms with van der Waals surface area (Å²) in [6, 6.07) is 2.63. The molecule has 2 aromatic rings. The van der Waals surface area contributed by atoms with Gasteiger partial charge in [0.05, 0.1) is 31.0 Å². The Morgan fingerprint density at radius 2 is 2.29 bits per heavy atom. The number of likely N-dealkylation sites (N-methyl/N-ethyl adjacent to an activating group) is 1. The molecule has 3 rings (SSSR count). The summed E-state index contributed by atoms with van der Waals surface area (Å²) in [5.74, 6) is 1.75. The van der Waals surface area contributed by atoms with Crippen molar-refractivity contribution in [2.24, 2.45) is 0 Å². The van der Waals surface area contributed by atoms with Crippen molar-refractivity contribution >= 4 is 0 Å². The van der Waals surface area contributed by atoms with Crippen molar-refractivity contribution in [3.05, 3.63) is 35.8 Å². The van der Waals surface area contributed by atoms with E-state index >= 15 is 0 Å². The molecule has 1 saturated heterocycles. The average molecular weight is 328 g/mol. The molecule has 0 bridgehead atoms. The quantitative estimate of drug-likeness (QED) is 0.767. The van der Waals surface area contributed by atoms with Crippen LogP contribution in [0.15, 0.2) is 23.0 Å². The Bertz CT molecular complexity index is 700. The first kappa shape index (κ1) is 16.7. The maximum Gasteiger partial charge on any atom is 0.208 e. The van der Waals surface area contributed by atoms with Gasteiger partial charge in [0.25, 0.3) is 0 Å². The molecular formula is C17H24N6O. The van der Waals surface area contributed by atoms with Crippen LogP contribution in [0.25, 0.3) is 0 Å². The Morgan fingerprint density at radius 3 is 3.00 bits per heavy atom. The zero-order valence-electron chi connectivity index (χ0n) is 14.4. The molecule has 1 aliphatic rings. The number of nitriles is 1. The lowest BCUT2D eigenvalue weighted by Gasteiger charge is -2.23. The van der Waals surface area contributed by atoms with Gasteiger partial charge in [0.2, 0.25) is 5.89 Å². The highest BCUT2D eigenvalue weighted by atomic mass is 16.4.